The van der Waals surface area contributed by atoms with Crippen molar-refractivity contribution in [2.24, 2.45) is 0 Å². The van der Waals surface area contributed by atoms with Gasteiger partial charge in [-0.2, -0.15) is 0 Å². The highest BCUT2D eigenvalue weighted by Crippen LogP contribution is 2.42. The van der Waals surface area contributed by atoms with Crippen LogP contribution in [0.3, 0.4) is 0 Å². The molecule has 0 N–H and O–H groups in total. The summed E-state index contributed by atoms with van der Waals surface area (Å²) in [6, 6.07) is 50.8. The van der Waals surface area contributed by atoms with Crippen LogP contribution in [-0.2, 0) is 6.42 Å². The van der Waals surface area contributed by atoms with Crippen LogP contribution >= 0.6 is 11.3 Å². The summed E-state index contributed by atoms with van der Waals surface area (Å²) in [4.78, 5) is 15.8. The molecule has 1 aliphatic rings. The van der Waals surface area contributed by atoms with Crippen LogP contribution in [0.25, 0.3) is 104 Å². The molecule has 5 nitrogen and oxygen atoms in total. The van der Waals surface area contributed by atoms with Gasteiger partial charge in [0.2, 0.25) is 0 Å². The minimum atomic E-state index is 0.000582. The molecular formula is C49H29N3O2S. The maximum atomic E-state index is 6.53. The number of aromatic nitrogens is 3. The van der Waals surface area contributed by atoms with E-state index in [2.05, 4.69) is 127 Å². The molecule has 0 fully saturated rings. The largest absolute Gasteiger partial charge is 0.456 e. The number of benzene rings is 7. The van der Waals surface area contributed by atoms with Crippen LogP contribution in [0.2, 0.25) is 0 Å². The Balaban J connectivity index is 1.06. The molecule has 4 aromatic heterocycles. The van der Waals surface area contributed by atoms with Crippen molar-refractivity contribution in [3.05, 3.63) is 169 Å². The summed E-state index contributed by atoms with van der Waals surface area (Å²) in [6.07, 6.45) is 5.26. The molecule has 0 saturated heterocycles. The molecule has 0 radical (unpaired) electrons. The number of nitrogens with zero attached hydrogens (tertiary/aromatic N) is 3. The van der Waals surface area contributed by atoms with Gasteiger partial charge in [-0.3, -0.25) is 0 Å². The lowest BCUT2D eigenvalue weighted by Crippen LogP contribution is -2.12. The number of para-hydroxylation sites is 1. The molecule has 4 heterocycles. The van der Waals surface area contributed by atoms with E-state index in [1.807, 2.05) is 30.3 Å². The maximum absolute atomic E-state index is 6.53. The van der Waals surface area contributed by atoms with Gasteiger partial charge < -0.3 is 8.83 Å². The average molecular weight is 724 g/mol. The van der Waals surface area contributed by atoms with Crippen molar-refractivity contribution in [3.8, 4) is 33.9 Å². The van der Waals surface area contributed by atoms with Crippen molar-refractivity contribution in [2.75, 3.05) is 0 Å². The highest BCUT2D eigenvalue weighted by atomic mass is 32.1. The highest BCUT2D eigenvalue weighted by Gasteiger charge is 2.23. The first-order valence-electron chi connectivity index (χ1n) is 18.5. The monoisotopic (exact) mass is 723 g/mol. The smallest absolute Gasteiger partial charge is 0.164 e. The summed E-state index contributed by atoms with van der Waals surface area (Å²) >= 11 is 1.80. The lowest BCUT2D eigenvalue weighted by Gasteiger charge is -2.19. The number of hydrogen-bond donors (Lipinski definition) is 0. The molecule has 0 spiro atoms. The van der Waals surface area contributed by atoms with Gasteiger partial charge in [-0.15, -0.1) is 11.3 Å². The van der Waals surface area contributed by atoms with Gasteiger partial charge in [-0.25, -0.2) is 15.0 Å². The zero-order valence-electron chi connectivity index (χ0n) is 29.4. The second-order valence-electron chi connectivity index (χ2n) is 14.3. The predicted molar refractivity (Wildman–Crippen MR) is 226 cm³/mol. The molecule has 11 aromatic rings. The van der Waals surface area contributed by atoms with Crippen LogP contribution in [0.15, 0.2) is 161 Å². The summed E-state index contributed by atoms with van der Waals surface area (Å²) in [7, 11) is 0. The summed E-state index contributed by atoms with van der Waals surface area (Å²) in [6.45, 7) is 0. The third-order valence-corrected chi connectivity index (χ3v) is 12.2. The molecular weight excluding hydrogens is 695 g/mol. The predicted octanol–water partition coefficient (Wildman–Crippen LogP) is 13.4. The molecule has 1 aliphatic carbocycles. The van der Waals surface area contributed by atoms with Gasteiger partial charge in [-0.05, 0) is 71.1 Å². The van der Waals surface area contributed by atoms with Crippen LogP contribution in [-0.4, -0.2) is 15.0 Å². The minimum absolute atomic E-state index is 0.000582. The highest BCUT2D eigenvalue weighted by molar-refractivity contribution is 7.25. The lowest BCUT2D eigenvalue weighted by atomic mass is 9.89. The second kappa shape index (κ2) is 11.8. The van der Waals surface area contributed by atoms with Gasteiger partial charge in [0.15, 0.2) is 11.6 Å². The van der Waals surface area contributed by atoms with Gasteiger partial charge in [0, 0.05) is 58.8 Å². The molecule has 1 atom stereocenters. The molecule has 0 amide bonds. The van der Waals surface area contributed by atoms with Gasteiger partial charge in [0.25, 0.3) is 0 Å². The fourth-order valence-corrected chi connectivity index (χ4v) is 9.60. The summed E-state index contributed by atoms with van der Waals surface area (Å²) in [5, 5.41) is 6.72. The van der Waals surface area contributed by atoms with Gasteiger partial charge in [-0.1, -0.05) is 115 Å². The number of allylic oxidation sites excluding steroid dienone is 1. The van der Waals surface area contributed by atoms with E-state index in [1.165, 1.54) is 31.3 Å². The quantitative estimate of drug-likeness (QED) is 0.181. The first-order valence-corrected chi connectivity index (χ1v) is 19.3. The van der Waals surface area contributed by atoms with Gasteiger partial charge in [0.1, 0.15) is 28.2 Å². The molecule has 12 rings (SSSR count). The van der Waals surface area contributed by atoms with Crippen LogP contribution in [0.5, 0.6) is 0 Å². The third kappa shape index (κ3) is 4.81. The fraction of sp³-hybridized carbons (Fsp3) is 0.0408. The SMILES string of the molecule is C1=CC(c2nc(-c3ccc4c(c3)sc3ccccc34)nc(-c3cccc4oc5ccc(-c6cccc7oc8ccccc8c67)cc5c34)n2)Cc2ccccc21. The van der Waals surface area contributed by atoms with E-state index in [0.29, 0.717) is 11.6 Å². The normalized spacial score (nSPS) is 14.2. The van der Waals surface area contributed by atoms with Crippen molar-refractivity contribution in [2.45, 2.75) is 12.3 Å². The van der Waals surface area contributed by atoms with E-state index in [9.17, 15) is 0 Å². The number of hydrogen-bond acceptors (Lipinski definition) is 6. The molecule has 7 aromatic carbocycles. The van der Waals surface area contributed by atoms with Crippen molar-refractivity contribution in [3.63, 3.8) is 0 Å². The first-order chi connectivity index (χ1) is 27.2. The molecule has 55 heavy (non-hydrogen) atoms. The summed E-state index contributed by atoms with van der Waals surface area (Å²) in [5.41, 5.74) is 9.97. The first kappa shape index (κ1) is 30.6. The van der Waals surface area contributed by atoms with E-state index < -0.39 is 0 Å². The Bertz CT molecular complexity index is 3390. The number of rotatable bonds is 4. The minimum Gasteiger partial charge on any atom is -0.456 e. The Labute approximate surface area is 318 Å². The third-order valence-electron chi connectivity index (χ3n) is 11.1. The van der Waals surface area contributed by atoms with E-state index in [-0.39, 0.29) is 5.92 Å². The molecule has 1 unspecified atom stereocenters. The number of fused-ring (bicyclic) bond motifs is 10. The second-order valence-corrected chi connectivity index (χ2v) is 15.4. The van der Waals surface area contributed by atoms with Crippen LogP contribution in [0, 0.1) is 0 Å². The molecule has 258 valence electrons. The van der Waals surface area contributed by atoms with Gasteiger partial charge >= 0.3 is 0 Å². The van der Waals surface area contributed by atoms with E-state index >= 15 is 0 Å². The molecule has 0 saturated carbocycles. The Morgan fingerprint density at radius 2 is 1.18 bits per heavy atom. The van der Waals surface area contributed by atoms with Crippen LogP contribution in [0.1, 0.15) is 22.9 Å². The number of thiophene rings is 1. The van der Waals surface area contributed by atoms with Crippen LogP contribution < -0.4 is 0 Å². The van der Waals surface area contributed by atoms with Crippen molar-refractivity contribution >= 4 is 81.5 Å². The van der Waals surface area contributed by atoms with E-state index in [0.717, 1.165) is 78.4 Å². The lowest BCUT2D eigenvalue weighted by molar-refractivity contribution is 0.669. The zero-order chi connectivity index (χ0) is 36.0. The summed E-state index contributed by atoms with van der Waals surface area (Å²) in [5.74, 6) is 2.05. The standard InChI is InChI=1S/C49H29N3O2S/c1-2-10-29-25-31(20-19-28(29)9-1)47-50-48(32-21-23-35-34-11-4-6-18-43(34)55-44(35)27-32)52-49(51-47)37-14-8-17-42-46(37)38-26-30(22-24-40(38)54-42)33-13-7-16-41-45(33)36-12-3-5-15-39(36)53-41/h1-24,26-27,31H,25H2. The van der Waals surface area contributed by atoms with Gasteiger partial charge in [0.05, 0.1) is 0 Å². The Hall–Kier alpha value is -6.89. The van der Waals surface area contributed by atoms with Crippen molar-refractivity contribution in [1.82, 2.24) is 15.0 Å². The van der Waals surface area contributed by atoms with E-state index in [1.54, 1.807) is 11.3 Å². The fourth-order valence-electron chi connectivity index (χ4n) is 8.45. The van der Waals surface area contributed by atoms with Crippen molar-refractivity contribution in [1.29, 1.82) is 0 Å². The Kier molecular flexibility index (Phi) is 6.56. The topological polar surface area (TPSA) is 65.0 Å². The number of furan rings is 2. The van der Waals surface area contributed by atoms with Crippen LogP contribution in [0.4, 0.5) is 0 Å². The Morgan fingerprint density at radius 1 is 0.491 bits per heavy atom. The Morgan fingerprint density at radius 3 is 2.09 bits per heavy atom. The molecule has 0 bridgehead atoms. The average Bonchev–Trinajstić information content (AvgIpc) is 3.94. The van der Waals surface area contributed by atoms with E-state index in [4.69, 9.17) is 23.8 Å². The zero-order valence-corrected chi connectivity index (χ0v) is 30.2. The molecule has 6 heteroatoms. The van der Waals surface area contributed by atoms with Crippen molar-refractivity contribution < 1.29 is 8.83 Å². The maximum Gasteiger partial charge on any atom is 0.164 e. The summed E-state index contributed by atoms with van der Waals surface area (Å²) < 4.78 is 15.3. The molecule has 0 aliphatic heterocycles.